The van der Waals surface area contributed by atoms with Gasteiger partial charge >= 0.3 is 0 Å². The smallest absolute Gasteiger partial charge is 0.217 e. The molecule has 29 heavy (non-hydrogen) atoms. The fourth-order valence-corrected chi connectivity index (χ4v) is 4.40. The Morgan fingerprint density at radius 3 is 2.66 bits per heavy atom. The van der Waals surface area contributed by atoms with Crippen LogP contribution in [0.1, 0.15) is 35.4 Å². The van der Waals surface area contributed by atoms with Crippen LogP contribution in [0.2, 0.25) is 5.02 Å². The van der Waals surface area contributed by atoms with Crippen molar-refractivity contribution in [2.75, 3.05) is 7.11 Å². The molecular formula is C23H18BrClN2O2. The highest BCUT2D eigenvalue weighted by Gasteiger charge is 2.42. The first kappa shape index (κ1) is 18.5. The molecule has 6 heteroatoms. The molecule has 4 nitrogen and oxygen atoms in total. The van der Waals surface area contributed by atoms with Crippen molar-refractivity contribution < 1.29 is 9.47 Å². The Hall–Kier alpha value is -2.50. The highest BCUT2D eigenvalue weighted by Crippen LogP contribution is 2.49. The molecule has 2 heterocycles. The number of fused-ring (bicyclic) bond motifs is 3. The van der Waals surface area contributed by atoms with Crippen molar-refractivity contribution in [3.05, 3.63) is 92.9 Å². The van der Waals surface area contributed by atoms with Crippen LogP contribution < -0.4 is 9.47 Å². The highest BCUT2D eigenvalue weighted by molar-refractivity contribution is 9.10. The number of para-hydroxylation sites is 1. The molecule has 0 aromatic heterocycles. The van der Waals surface area contributed by atoms with Gasteiger partial charge < -0.3 is 9.47 Å². The fraction of sp³-hybridized carbons (Fsp3) is 0.174. The van der Waals surface area contributed by atoms with Crippen molar-refractivity contribution in [2.24, 2.45) is 5.10 Å². The lowest BCUT2D eigenvalue weighted by molar-refractivity contribution is -0.0203. The third-order valence-electron chi connectivity index (χ3n) is 5.33. The van der Waals surface area contributed by atoms with Gasteiger partial charge in [-0.25, -0.2) is 5.01 Å². The van der Waals surface area contributed by atoms with Gasteiger partial charge in [-0.1, -0.05) is 51.8 Å². The molecule has 3 aromatic rings. The van der Waals surface area contributed by atoms with Gasteiger partial charge in [0.25, 0.3) is 0 Å². The van der Waals surface area contributed by atoms with E-state index in [1.54, 1.807) is 7.11 Å². The molecule has 2 atom stereocenters. The van der Waals surface area contributed by atoms with E-state index in [1.165, 1.54) is 0 Å². The number of halogens is 2. The summed E-state index contributed by atoms with van der Waals surface area (Å²) in [6, 6.07) is 22.0. The molecule has 0 amide bonds. The number of hydrogen-bond donors (Lipinski definition) is 0. The third kappa shape index (κ3) is 3.28. The molecule has 0 fully saturated rings. The predicted molar refractivity (Wildman–Crippen MR) is 118 cm³/mol. The second kappa shape index (κ2) is 7.39. The minimum atomic E-state index is -0.377. The van der Waals surface area contributed by atoms with Gasteiger partial charge in [-0.2, -0.15) is 5.10 Å². The molecule has 0 radical (unpaired) electrons. The summed E-state index contributed by atoms with van der Waals surface area (Å²) in [4.78, 5) is 0. The number of nitrogens with zero attached hydrogens (tertiary/aromatic N) is 2. The standard InChI is InChI=1S/C23H18BrClN2O2/c1-28-21-5-3-2-4-17(21)23-27-20(18-12-16(25)10-11-22(18)29-23)13-19(26-27)14-6-8-15(24)9-7-14/h2-12,20,23H,13H2,1H3/t20-,23+/m0/s1. The molecule has 0 saturated carbocycles. The SMILES string of the molecule is COc1ccccc1[C@H]1Oc2ccc(Cl)cc2[C@@H]2CC(c3ccc(Br)cc3)=NN12. The van der Waals surface area contributed by atoms with Crippen molar-refractivity contribution >= 4 is 33.2 Å². The third-order valence-corrected chi connectivity index (χ3v) is 6.10. The van der Waals surface area contributed by atoms with Gasteiger partial charge in [0.1, 0.15) is 11.5 Å². The van der Waals surface area contributed by atoms with Gasteiger partial charge in [0.15, 0.2) is 0 Å². The van der Waals surface area contributed by atoms with E-state index in [1.807, 2.05) is 59.6 Å². The first-order valence-electron chi connectivity index (χ1n) is 9.35. The van der Waals surface area contributed by atoms with Crippen molar-refractivity contribution in [1.82, 2.24) is 5.01 Å². The molecule has 3 aromatic carbocycles. The molecule has 146 valence electrons. The van der Waals surface area contributed by atoms with Crippen LogP contribution in [0.3, 0.4) is 0 Å². The highest BCUT2D eigenvalue weighted by atomic mass is 79.9. The summed E-state index contributed by atoms with van der Waals surface area (Å²) in [6.45, 7) is 0. The van der Waals surface area contributed by atoms with E-state index in [2.05, 4.69) is 28.1 Å². The first-order chi connectivity index (χ1) is 14.1. The molecule has 2 aliphatic heterocycles. The topological polar surface area (TPSA) is 34.1 Å². The van der Waals surface area contributed by atoms with Gasteiger partial charge in [-0.3, -0.25) is 0 Å². The lowest BCUT2D eigenvalue weighted by atomic mass is 9.96. The number of benzene rings is 3. The monoisotopic (exact) mass is 468 g/mol. The Bertz CT molecular complexity index is 1100. The zero-order valence-electron chi connectivity index (χ0n) is 15.7. The van der Waals surface area contributed by atoms with Gasteiger partial charge in [0, 0.05) is 21.5 Å². The van der Waals surface area contributed by atoms with E-state index in [-0.39, 0.29) is 12.3 Å². The summed E-state index contributed by atoms with van der Waals surface area (Å²) in [7, 11) is 1.67. The van der Waals surface area contributed by atoms with E-state index in [9.17, 15) is 0 Å². The molecule has 0 N–H and O–H groups in total. The van der Waals surface area contributed by atoms with Crippen LogP contribution in [0.15, 0.2) is 76.3 Å². The fourth-order valence-electron chi connectivity index (χ4n) is 3.95. The number of rotatable bonds is 3. The Morgan fingerprint density at radius 2 is 1.86 bits per heavy atom. The predicted octanol–water partition coefficient (Wildman–Crippen LogP) is 6.35. The molecule has 0 saturated heterocycles. The first-order valence-corrected chi connectivity index (χ1v) is 10.5. The lowest BCUT2D eigenvalue weighted by Crippen LogP contribution is -2.33. The Balaban J connectivity index is 1.62. The van der Waals surface area contributed by atoms with Gasteiger partial charge in [0.2, 0.25) is 6.23 Å². The van der Waals surface area contributed by atoms with Gasteiger partial charge in [-0.05, 0) is 48.0 Å². The summed E-state index contributed by atoms with van der Waals surface area (Å²) in [6.07, 6.45) is 0.405. The number of hydrogen-bond acceptors (Lipinski definition) is 4. The van der Waals surface area contributed by atoms with Crippen LogP contribution in [-0.4, -0.2) is 17.8 Å². The quantitative estimate of drug-likeness (QED) is 0.448. The average molecular weight is 470 g/mol. The summed E-state index contributed by atoms with van der Waals surface area (Å²) in [5, 5.41) is 7.71. The Morgan fingerprint density at radius 1 is 1.07 bits per heavy atom. The summed E-state index contributed by atoms with van der Waals surface area (Å²) >= 11 is 9.80. The molecule has 0 aliphatic carbocycles. The molecule has 0 spiro atoms. The van der Waals surface area contributed by atoms with E-state index >= 15 is 0 Å². The van der Waals surface area contributed by atoms with Crippen LogP contribution in [-0.2, 0) is 0 Å². The summed E-state index contributed by atoms with van der Waals surface area (Å²) in [5.41, 5.74) is 4.13. The van der Waals surface area contributed by atoms with Crippen LogP contribution in [0, 0.1) is 0 Å². The number of ether oxygens (including phenoxy) is 2. The van der Waals surface area contributed by atoms with Crippen LogP contribution in [0.4, 0.5) is 0 Å². The molecular weight excluding hydrogens is 452 g/mol. The van der Waals surface area contributed by atoms with Gasteiger partial charge in [0.05, 0.1) is 24.4 Å². The maximum Gasteiger partial charge on any atom is 0.217 e. The Kier molecular flexibility index (Phi) is 4.72. The zero-order valence-corrected chi connectivity index (χ0v) is 18.0. The second-order valence-corrected chi connectivity index (χ2v) is 8.40. The second-order valence-electron chi connectivity index (χ2n) is 7.05. The van der Waals surface area contributed by atoms with Crippen molar-refractivity contribution in [3.63, 3.8) is 0 Å². The van der Waals surface area contributed by atoms with Crippen molar-refractivity contribution in [2.45, 2.75) is 18.7 Å². The zero-order chi connectivity index (χ0) is 20.0. The van der Waals surface area contributed by atoms with Crippen LogP contribution in [0.25, 0.3) is 0 Å². The van der Waals surface area contributed by atoms with E-state index in [0.29, 0.717) is 5.02 Å². The van der Waals surface area contributed by atoms with Crippen LogP contribution >= 0.6 is 27.5 Å². The maximum absolute atomic E-state index is 6.41. The van der Waals surface area contributed by atoms with E-state index in [0.717, 1.165) is 44.8 Å². The molecule has 0 unspecified atom stereocenters. The maximum atomic E-state index is 6.41. The van der Waals surface area contributed by atoms with Gasteiger partial charge in [-0.15, -0.1) is 0 Å². The largest absolute Gasteiger partial charge is 0.496 e. The minimum absolute atomic E-state index is 0.0472. The number of hydrazone groups is 1. The normalized spacial score (nSPS) is 19.8. The van der Waals surface area contributed by atoms with Crippen LogP contribution in [0.5, 0.6) is 11.5 Å². The summed E-state index contributed by atoms with van der Waals surface area (Å²) < 4.78 is 13.0. The van der Waals surface area contributed by atoms with Crippen molar-refractivity contribution in [3.8, 4) is 11.5 Å². The van der Waals surface area contributed by atoms with E-state index < -0.39 is 0 Å². The molecule has 0 bridgehead atoms. The lowest BCUT2D eigenvalue weighted by Gasteiger charge is -2.38. The number of methoxy groups -OCH3 is 1. The molecule has 2 aliphatic rings. The van der Waals surface area contributed by atoms with E-state index in [4.69, 9.17) is 26.2 Å². The molecule has 5 rings (SSSR count). The average Bonchev–Trinajstić information content (AvgIpc) is 3.19. The minimum Gasteiger partial charge on any atom is -0.496 e. The Labute approximate surface area is 182 Å². The summed E-state index contributed by atoms with van der Waals surface area (Å²) in [5.74, 6) is 1.61. The van der Waals surface area contributed by atoms with Crippen molar-refractivity contribution in [1.29, 1.82) is 0 Å².